The van der Waals surface area contributed by atoms with E-state index in [1.807, 2.05) is 35.7 Å². The summed E-state index contributed by atoms with van der Waals surface area (Å²) in [6.45, 7) is -1.64. The first-order valence-electron chi connectivity index (χ1n) is 7.60. The van der Waals surface area contributed by atoms with Crippen molar-refractivity contribution in [2.24, 2.45) is 0 Å². The van der Waals surface area contributed by atoms with Gasteiger partial charge < -0.3 is 9.72 Å². The molecule has 132 valence electrons. The Morgan fingerprint density at radius 2 is 1.96 bits per heavy atom. The molecule has 1 aromatic carbocycles. The lowest BCUT2D eigenvalue weighted by molar-refractivity contribution is -0.161. The number of esters is 1. The maximum absolute atomic E-state index is 12.2. The van der Waals surface area contributed by atoms with E-state index < -0.39 is 18.8 Å². The molecule has 0 fully saturated rings. The number of thiophene rings is 1. The fourth-order valence-corrected chi connectivity index (χ4v) is 3.45. The van der Waals surface area contributed by atoms with Gasteiger partial charge in [0.1, 0.15) is 5.69 Å². The average Bonchev–Trinajstić information content (AvgIpc) is 3.25. The van der Waals surface area contributed by atoms with E-state index in [1.54, 1.807) is 11.3 Å². The Kier molecular flexibility index (Phi) is 3.91. The van der Waals surface area contributed by atoms with Gasteiger partial charge in [0.2, 0.25) is 0 Å². The molecule has 4 aromatic rings. The van der Waals surface area contributed by atoms with Crippen LogP contribution < -0.4 is 0 Å². The number of ether oxygens (including phenoxy) is 1. The van der Waals surface area contributed by atoms with Crippen LogP contribution in [0.5, 0.6) is 0 Å². The van der Waals surface area contributed by atoms with Crippen molar-refractivity contribution in [1.82, 2.24) is 9.97 Å². The Morgan fingerprint density at radius 1 is 1.15 bits per heavy atom. The standard InChI is InChI=1S/C18H11F3N2O2S/c19-18(20,21)9-25-17(24)14-7-12-11-6-10(16-2-1-5-26-16)3-4-13(11)23-15(12)8-22-14/h1-8,23H,9H2. The molecule has 0 saturated heterocycles. The molecular formula is C18H11F3N2O2S. The zero-order valence-corrected chi connectivity index (χ0v) is 13.9. The fourth-order valence-electron chi connectivity index (χ4n) is 2.73. The zero-order chi connectivity index (χ0) is 18.3. The molecule has 0 saturated carbocycles. The van der Waals surface area contributed by atoms with Crippen molar-refractivity contribution in [2.75, 3.05) is 6.61 Å². The lowest BCUT2D eigenvalue weighted by Gasteiger charge is -2.07. The highest BCUT2D eigenvalue weighted by atomic mass is 32.1. The number of nitrogens with zero attached hydrogens (tertiary/aromatic N) is 1. The topological polar surface area (TPSA) is 55.0 Å². The Bertz CT molecular complexity index is 1100. The smallest absolute Gasteiger partial charge is 0.422 e. The molecule has 0 atom stereocenters. The van der Waals surface area contributed by atoms with Crippen LogP contribution >= 0.6 is 11.3 Å². The molecule has 1 N–H and O–H groups in total. The number of benzene rings is 1. The minimum absolute atomic E-state index is 0.163. The third kappa shape index (κ3) is 3.15. The molecule has 3 heterocycles. The maximum Gasteiger partial charge on any atom is 0.422 e. The number of pyridine rings is 1. The Hall–Kier alpha value is -2.87. The number of halogens is 3. The summed E-state index contributed by atoms with van der Waals surface area (Å²) < 4.78 is 40.9. The molecule has 0 aliphatic heterocycles. The van der Waals surface area contributed by atoms with Gasteiger partial charge in [-0.3, -0.25) is 0 Å². The highest BCUT2D eigenvalue weighted by Gasteiger charge is 2.30. The number of alkyl halides is 3. The van der Waals surface area contributed by atoms with E-state index in [9.17, 15) is 18.0 Å². The van der Waals surface area contributed by atoms with Crippen LogP contribution in [-0.2, 0) is 4.74 Å². The van der Waals surface area contributed by atoms with Crippen molar-refractivity contribution in [3.8, 4) is 10.4 Å². The first-order valence-corrected chi connectivity index (χ1v) is 8.48. The van der Waals surface area contributed by atoms with Crippen molar-refractivity contribution in [3.05, 3.63) is 53.7 Å². The monoisotopic (exact) mass is 376 g/mol. The number of carbonyl (C=O) groups is 1. The highest BCUT2D eigenvalue weighted by Crippen LogP contribution is 2.32. The van der Waals surface area contributed by atoms with Gasteiger partial charge >= 0.3 is 12.1 Å². The first-order chi connectivity index (χ1) is 12.4. The van der Waals surface area contributed by atoms with Crippen LogP contribution in [0.4, 0.5) is 13.2 Å². The number of hydrogen-bond acceptors (Lipinski definition) is 4. The van der Waals surface area contributed by atoms with Crippen LogP contribution in [0.2, 0.25) is 0 Å². The number of aromatic amines is 1. The Balaban J connectivity index is 1.75. The predicted molar refractivity (Wildman–Crippen MR) is 93.3 cm³/mol. The second-order valence-corrected chi connectivity index (χ2v) is 6.62. The van der Waals surface area contributed by atoms with Gasteiger partial charge in [-0.05, 0) is 35.2 Å². The summed E-state index contributed by atoms with van der Waals surface area (Å²) in [5.41, 5.74) is 2.40. The molecule has 4 nitrogen and oxygen atoms in total. The van der Waals surface area contributed by atoms with Gasteiger partial charge in [-0.25, -0.2) is 9.78 Å². The summed E-state index contributed by atoms with van der Waals surface area (Å²) in [7, 11) is 0. The average molecular weight is 376 g/mol. The minimum Gasteiger partial charge on any atom is -0.451 e. The van der Waals surface area contributed by atoms with Crippen molar-refractivity contribution in [3.63, 3.8) is 0 Å². The van der Waals surface area contributed by atoms with E-state index in [0.29, 0.717) is 10.9 Å². The Labute approximate surface area is 149 Å². The largest absolute Gasteiger partial charge is 0.451 e. The second-order valence-electron chi connectivity index (χ2n) is 5.67. The lowest BCUT2D eigenvalue weighted by atomic mass is 10.1. The molecular weight excluding hydrogens is 365 g/mol. The molecule has 0 amide bonds. The summed E-state index contributed by atoms with van der Waals surface area (Å²) >= 11 is 1.61. The quantitative estimate of drug-likeness (QED) is 0.502. The third-order valence-electron chi connectivity index (χ3n) is 3.86. The number of aromatic nitrogens is 2. The number of carbonyl (C=O) groups excluding carboxylic acids is 1. The molecule has 0 radical (unpaired) electrons. The van der Waals surface area contributed by atoms with Crippen molar-refractivity contribution >= 4 is 39.1 Å². The van der Waals surface area contributed by atoms with E-state index >= 15 is 0 Å². The van der Waals surface area contributed by atoms with Crippen LogP contribution in [0.3, 0.4) is 0 Å². The summed E-state index contributed by atoms with van der Waals surface area (Å²) in [5.74, 6) is -1.10. The van der Waals surface area contributed by atoms with Crippen LogP contribution in [0.25, 0.3) is 32.2 Å². The number of nitrogens with one attached hydrogen (secondary N) is 1. The lowest BCUT2D eigenvalue weighted by Crippen LogP contribution is -2.20. The summed E-state index contributed by atoms with van der Waals surface area (Å²) in [6.07, 6.45) is -3.15. The van der Waals surface area contributed by atoms with E-state index in [0.717, 1.165) is 21.3 Å². The van der Waals surface area contributed by atoms with Gasteiger partial charge in [0, 0.05) is 21.2 Å². The molecule has 26 heavy (non-hydrogen) atoms. The Morgan fingerprint density at radius 3 is 2.69 bits per heavy atom. The van der Waals surface area contributed by atoms with Crippen LogP contribution in [0.15, 0.2) is 48.0 Å². The van der Waals surface area contributed by atoms with Crippen molar-refractivity contribution in [2.45, 2.75) is 6.18 Å². The summed E-state index contributed by atoms with van der Waals surface area (Å²) in [4.78, 5) is 20.0. The molecule has 0 unspecified atom stereocenters. The van der Waals surface area contributed by atoms with E-state index in [2.05, 4.69) is 14.7 Å². The SMILES string of the molecule is O=C(OCC(F)(F)F)c1cc2c(cn1)[nH]c1ccc(-c3cccs3)cc12. The third-order valence-corrected chi connectivity index (χ3v) is 4.78. The molecule has 0 bridgehead atoms. The van der Waals surface area contributed by atoms with Gasteiger partial charge in [-0.15, -0.1) is 11.3 Å². The van der Waals surface area contributed by atoms with Gasteiger partial charge in [-0.1, -0.05) is 12.1 Å². The predicted octanol–water partition coefficient (Wildman–Crippen LogP) is 5.16. The van der Waals surface area contributed by atoms with Gasteiger partial charge in [0.15, 0.2) is 6.61 Å². The van der Waals surface area contributed by atoms with E-state index in [-0.39, 0.29) is 5.69 Å². The van der Waals surface area contributed by atoms with Crippen LogP contribution in [0.1, 0.15) is 10.5 Å². The first kappa shape index (κ1) is 16.6. The van der Waals surface area contributed by atoms with E-state index in [1.165, 1.54) is 12.3 Å². The molecule has 3 aromatic heterocycles. The minimum atomic E-state index is -4.57. The zero-order valence-electron chi connectivity index (χ0n) is 13.1. The highest BCUT2D eigenvalue weighted by molar-refractivity contribution is 7.13. The summed E-state index contributed by atoms with van der Waals surface area (Å²) in [5, 5.41) is 3.54. The number of hydrogen-bond donors (Lipinski definition) is 1. The molecule has 8 heteroatoms. The maximum atomic E-state index is 12.2. The number of rotatable bonds is 3. The van der Waals surface area contributed by atoms with Crippen molar-refractivity contribution in [1.29, 1.82) is 0 Å². The fraction of sp³-hybridized carbons (Fsp3) is 0.111. The van der Waals surface area contributed by atoms with Gasteiger partial charge in [-0.2, -0.15) is 13.2 Å². The van der Waals surface area contributed by atoms with Gasteiger partial charge in [0.25, 0.3) is 0 Å². The molecule has 4 rings (SSSR count). The van der Waals surface area contributed by atoms with E-state index in [4.69, 9.17) is 0 Å². The number of H-pyrrole nitrogens is 1. The molecule has 0 spiro atoms. The van der Waals surface area contributed by atoms with Crippen molar-refractivity contribution < 1.29 is 22.7 Å². The van der Waals surface area contributed by atoms with Crippen LogP contribution in [0, 0.1) is 0 Å². The van der Waals surface area contributed by atoms with Crippen LogP contribution in [-0.4, -0.2) is 28.7 Å². The summed E-state index contributed by atoms with van der Waals surface area (Å²) in [6, 6.07) is 11.3. The number of fused-ring (bicyclic) bond motifs is 3. The molecule has 0 aliphatic rings. The molecule has 0 aliphatic carbocycles. The second kappa shape index (κ2) is 6.14. The van der Waals surface area contributed by atoms with Gasteiger partial charge in [0.05, 0.1) is 11.7 Å². The normalized spacial score (nSPS) is 12.0.